The van der Waals surface area contributed by atoms with Gasteiger partial charge in [0.2, 0.25) is 0 Å². The number of para-hydroxylation sites is 2. The molecule has 2 aromatic carbocycles. The Morgan fingerprint density at radius 2 is 1.18 bits per heavy atom. The molecule has 2 aliphatic rings. The predicted octanol–water partition coefficient (Wildman–Crippen LogP) is 3.36. The zero-order valence-electron chi connectivity index (χ0n) is 18.6. The van der Waals surface area contributed by atoms with E-state index >= 15 is 0 Å². The Bertz CT molecular complexity index is 965. The first-order chi connectivity index (χ1) is 16.6. The Balaban J connectivity index is 1.38. The average molecular weight is 466 g/mol. The summed E-state index contributed by atoms with van der Waals surface area (Å²) in [6.07, 6.45) is 0.809. The van der Waals surface area contributed by atoms with Crippen LogP contribution in [0.3, 0.4) is 0 Å². The van der Waals surface area contributed by atoms with Crippen LogP contribution in [-0.2, 0) is 18.9 Å². The highest BCUT2D eigenvalue weighted by molar-refractivity contribution is 5.93. The lowest BCUT2D eigenvalue weighted by Gasteiger charge is -2.18. The Kier molecular flexibility index (Phi) is 7.61. The minimum atomic E-state index is -0.642. The van der Waals surface area contributed by atoms with E-state index in [4.69, 9.17) is 28.4 Å². The number of esters is 2. The second kappa shape index (κ2) is 11.0. The van der Waals surface area contributed by atoms with E-state index in [9.17, 15) is 9.59 Å². The van der Waals surface area contributed by atoms with Gasteiger partial charge in [0.25, 0.3) is 0 Å². The summed E-state index contributed by atoms with van der Waals surface area (Å²) in [5, 5.41) is 0. The van der Waals surface area contributed by atoms with E-state index < -0.39 is 36.4 Å². The van der Waals surface area contributed by atoms with Crippen LogP contribution in [0.15, 0.2) is 73.8 Å². The van der Waals surface area contributed by atoms with Crippen molar-refractivity contribution in [1.29, 1.82) is 0 Å². The van der Waals surface area contributed by atoms with Gasteiger partial charge in [-0.2, -0.15) is 0 Å². The summed E-state index contributed by atoms with van der Waals surface area (Å²) in [5.41, 5.74) is 0.592. The van der Waals surface area contributed by atoms with Gasteiger partial charge >= 0.3 is 11.9 Å². The van der Waals surface area contributed by atoms with Crippen molar-refractivity contribution < 1.29 is 38.0 Å². The molecule has 4 atom stereocenters. The maximum absolute atomic E-state index is 12.8. The highest BCUT2D eigenvalue weighted by Gasteiger charge is 2.51. The van der Waals surface area contributed by atoms with E-state index in [0.717, 1.165) is 0 Å². The van der Waals surface area contributed by atoms with E-state index in [1.54, 1.807) is 60.7 Å². The Hall–Kier alpha value is -3.62. The molecule has 2 saturated heterocycles. The van der Waals surface area contributed by atoms with Gasteiger partial charge in [-0.05, 0) is 24.3 Å². The first-order valence-corrected chi connectivity index (χ1v) is 10.9. The molecule has 2 heterocycles. The number of fused-ring (bicyclic) bond motifs is 1. The van der Waals surface area contributed by atoms with Gasteiger partial charge in [0.15, 0.2) is 12.2 Å². The molecule has 0 N–H and O–H groups in total. The van der Waals surface area contributed by atoms with Crippen molar-refractivity contribution in [3.8, 4) is 11.5 Å². The monoisotopic (exact) mass is 466 g/mol. The summed E-state index contributed by atoms with van der Waals surface area (Å²) in [4.78, 5) is 25.6. The molecule has 0 bridgehead atoms. The van der Waals surface area contributed by atoms with Crippen molar-refractivity contribution in [2.45, 2.75) is 24.4 Å². The third kappa shape index (κ3) is 5.13. The van der Waals surface area contributed by atoms with Crippen LogP contribution in [0, 0.1) is 0 Å². The molecule has 178 valence electrons. The zero-order valence-corrected chi connectivity index (χ0v) is 18.6. The first-order valence-electron chi connectivity index (χ1n) is 10.9. The molecule has 0 aliphatic carbocycles. The van der Waals surface area contributed by atoms with Gasteiger partial charge < -0.3 is 28.4 Å². The fourth-order valence-corrected chi connectivity index (χ4v) is 3.85. The quantitative estimate of drug-likeness (QED) is 0.389. The molecule has 8 heteroatoms. The number of ether oxygens (including phenoxy) is 6. The molecule has 0 amide bonds. The van der Waals surface area contributed by atoms with Crippen LogP contribution in [0.2, 0.25) is 0 Å². The van der Waals surface area contributed by atoms with Gasteiger partial charge in [0, 0.05) is 0 Å². The molecule has 0 unspecified atom stereocenters. The highest BCUT2D eigenvalue weighted by Crippen LogP contribution is 2.32. The van der Waals surface area contributed by atoms with Crippen LogP contribution in [0.1, 0.15) is 20.7 Å². The second-order valence-electron chi connectivity index (χ2n) is 7.68. The highest BCUT2D eigenvalue weighted by atomic mass is 16.7. The SMILES string of the molecule is C=CCOc1ccccc1C(=O)O[C@H]1CO[C@H]2[C@@H]1OC[C@H]2OC(=O)c1ccccc1OCC=C. The molecule has 34 heavy (non-hydrogen) atoms. The summed E-state index contributed by atoms with van der Waals surface area (Å²) in [6.45, 7) is 8.01. The molecule has 2 fully saturated rings. The van der Waals surface area contributed by atoms with Crippen molar-refractivity contribution in [2.24, 2.45) is 0 Å². The number of rotatable bonds is 10. The van der Waals surface area contributed by atoms with E-state index in [0.29, 0.717) is 22.6 Å². The molecule has 0 saturated carbocycles. The minimum absolute atomic E-state index is 0.129. The van der Waals surface area contributed by atoms with Crippen molar-refractivity contribution in [3.05, 3.63) is 85.0 Å². The van der Waals surface area contributed by atoms with Crippen LogP contribution < -0.4 is 9.47 Å². The van der Waals surface area contributed by atoms with Gasteiger partial charge in [-0.25, -0.2) is 9.59 Å². The van der Waals surface area contributed by atoms with Crippen LogP contribution in [-0.4, -0.2) is 62.8 Å². The summed E-state index contributed by atoms with van der Waals surface area (Å²) < 4.78 is 34.0. The van der Waals surface area contributed by atoms with Gasteiger partial charge in [-0.15, -0.1) is 0 Å². The maximum atomic E-state index is 12.8. The van der Waals surface area contributed by atoms with E-state index in [1.807, 2.05) is 0 Å². The topological polar surface area (TPSA) is 89.5 Å². The predicted molar refractivity (Wildman–Crippen MR) is 122 cm³/mol. The minimum Gasteiger partial charge on any atom is -0.489 e. The standard InChI is InChI=1S/C26H26O8/c1-3-13-29-19-11-7-5-9-17(19)25(27)33-21-15-31-24-22(16-32-23(21)24)34-26(28)18-10-6-8-12-20(18)30-14-4-2/h3-12,21-24H,1-2,13-16H2/t21-,22+,23-,24-/m1/s1. The molecule has 2 aromatic rings. The molecule has 2 aliphatic heterocycles. The summed E-state index contributed by atoms with van der Waals surface area (Å²) in [7, 11) is 0. The van der Waals surface area contributed by atoms with Crippen molar-refractivity contribution in [3.63, 3.8) is 0 Å². The molecule has 0 spiro atoms. The second-order valence-corrected chi connectivity index (χ2v) is 7.68. The van der Waals surface area contributed by atoms with Gasteiger partial charge in [-0.3, -0.25) is 0 Å². The number of hydrogen-bond donors (Lipinski definition) is 0. The third-order valence-corrected chi connectivity index (χ3v) is 5.41. The first kappa shape index (κ1) is 23.5. The Morgan fingerprint density at radius 1 is 0.765 bits per heavy atom. The lowest BCUT2D eigenvalue weighted by Crippen LogP contribution is -2.36. The Labute approximate surface area is 197 Å². The fraction of sp³-hybridized carbons (Fsp3) is 0.308. The molecule has 0 aromatic heterocycles. The molecule has 8 nitrogen and oxygen atoms in total. The molecular weight excluding hydrogens is 440 g/mol. The smallest absolute Gasteiger partial charge is 0.342 e. The van der Waals surface area contributed by atoms with Crippen LogP contribution >= 0.6 is 0 Å². The van der Waals surface area contributed by atoms with Gasteiger partial charge in [0.05, 0.1) is 13.2 Å². The zero-order chi connectivity index (χ0) is 23.9. The average Bonchev–Trinajstić information content (AvgIpc) is 3.45. The number of hydrogen-bond acceptors (Lipinski definition) is 8. The fourth-order valence-electron chi connectivity index (χ4n) is 3.85. The largest absolute Gasteiger partial charge is 0.489 e. The lowest BCUT2D eigenvalue weighted by molar-refractivity contribution is -0.0289. The van der Waals surface area contributed by atoms with Crippen LogP contribution in [0.4, 0.5) is 0 Å². The van der Waals surface area contributed by atoms with E-state index in [1.165, 1.54) is 0 Å². The normalized spacial score (nSPS) is 22.9. The van der Waals surface area contributed by atoms with Crippen LogP contribution in [0.5, 0.6) is 11.5 Å². The summed E-state index contributed by atoms with van der Waals surface area (Å²) in [6, 6.07) is 13.6. The van der Waals surface area contributed by atoms with Crippen molar-refractivity contribution in [2.75, 3.05) is 26.4 Å². The van der Waals surface area contributed by atoms with Crippen LogP contribution in [0.25, 0.3) is 0 Å². The molecule has 0 radical (unpaired) electrons. The van der Waals surface area contributed by atoms with E-state index in [-0.39, 0.29) is 26.4 Å². The third-order valence-electron chi connectivity index (χ3n) is 5.41. The van der Waals surface area contributed by atoms with E-state index in [2.05, 4.69) is 13.2 Å². The summed E-state index contributed by atoms with van der Waals surface area (Å²) >= 11 is 0. The van der Waals surface area contributed by atoms with Crippen molar-refractivity contribution in [1.82, 2.24) is 0 Å². The lowest BCUT2D eigenvalue weighted by atomic mass is 10.1. The maximum Gasteiger partial charge on any atom is 0.342 e. The Morgan fingerprint density at radius 3 is 1.59 bits per heavy atom. The molecule has 4 rings (SSSR count). The number of benzene rings is 2. The van der Waals surface area contributed by atoms with Crippen molar-refractivity contribution >= 4 is 11.9 Å². The number of carbonyl (C=O) groups is 2. The number of carbonyl (C=O) groups excluding carboxylic acids is 2. The van der Waals surface area contributed by atoms with Gasteiger partial charge in [-0.1, -0.05) is 49.6 Å². The summed E-state index contributed by atoms with van der Waals surface area (Å²) in [5.74, 6) is -0.295. The van der Waals surface area contributed by atoms with Gasteiger partial charge in [0.1, 0.15) is 48.0 Å². The molecular formula is C26H26O8.